The molecular formula is C15H18N4O2. The Morgan fingerprint density at radius 2 is 2.10 bits per heavy atom. The highest BCUT2D eigenvalue weighted by Crippen LogP contribution is 2.26. The minimum Gasteiger partial charge on any atom is -0.372 e. The number of carbonyl (C=O) groups is 1. The van der Waals surface area contributed by atoms with Crippen LogP contribution >= 0.6 is 0 Å². The monoisotopic (exact) mass is 286 g/mol. The molecule has 0 aliphatic carbocycles. The lowest BCUT2D eigenvalue weighted by molar-refractivity contribution is -0.00527. The molecular weight excluding hydrogens is 268 g/mol. The van der Waals surface area contributed by atoms with Crippen molar-refractivity contribution in [2.75, 3.05) is 18.0 Å². The molecule has 1 aliphatic rings. The zero-order chi connectivity index (χ0) is 14.8. The maximum atomic E-state index is 11.4. The van der Waals surface area contributed by atoms with Gasteiger partial charge in [-0.15, -0.1) is 0 Å². The lowest BCUT2D eigenvalue weighted by Crippen LogP contribution is -2.45. The smallest absolute Gasteiger partial charge is 0.152 e. The number of carbonyl (C=O) groups excluding carboxylic acids is 1. The molecule has 0 saturated carbocycles. The van der Waals surface area contributed by atoms with Crippen molar-refractivity contribution in [1.82, 2.24) is 15.2 Å². The molecule has 6 heteroatoms. The van der Waals surface area contributed by atoms with Gasteiger partial charge in [-0.2, -0.15) is 5.10 Å². The zero-order valence-corrected chi connectivity index (χ0v) is 12.1. The minimum absolute atomic E-state index is 0.141. The number of hydrogen-bond donors (Lipinski definition) is 1. The van der Waals surface area contributed by atoms with E-state index in [2.05, 4.69) is 20.1 Å². The van der Waals surface area contributed by atoms with Crippen molar-refractivity contribution in [2.45, 2.75) is 26.1 Å². The number of H-pyrrole nitrogens is 1. The number of rotatable bonds is 3. The van der Waals surface area contributed by atoms with Gasteiger partial charge in [-0.3, -0.25) is 14.9 Å². The van der Waals surface area contributed by atoms with Gasteiger partial charge < -0.3 is 9.64 Å². The van der Waals surface area contributed by atoms with Crippen LogP contribution in [0.25, 0.3) is 11.3 Å². The van der Waals surface area contributed by atoms with Gasteiger partial charge in [0.05, 0.1) is 36.0 Å². The number of pyridine rings is 1. The number of nitrogens with one attached hydrogen (secondary N) is 1. The van der Waals surface area contributed by atoms with Crippen molar-refractivity contribution in [3.63, 3.8) is 0 Å². The molecule has 0 amide bonds. The quantitative estimate of drug-likeness (QED) is 0.873. The van der Waals surface area contributed by atoms with E-state index in [1.54, 1.807) is 24.7 Å². The highest BCUT2D eigenvalue weighted by molar-refractivity contribution is 5.86. The SMILES string of the molecule is CC1CN(c2cnc(-c3cn[nH]c3)cc2C=O)CC(C)O1. The summed E-state index contributed by atoms with van der Waals surface area (Å²) in [7, 11) is 0. The van der Waals surface area contributed by atoms with Gasteiger partial charge in [0.2, 0.25) is 0 Å². The molecule has 6 nitrogen and oxygen atoms in total. The molecule has 0 aromatic carbocycles. The van der Waals surface area contributed by atoms with Crippen LogP contribution < -0.4 is 4.90 Å². The van der Waals surface area contributed by atoms with Crippen molar-refractivity contribution in [3.8, 4) is 11.3 Å². The van der Waals surface area contributed by atoms with E-state index < -0.39 is 0 Å². The third-order valence-electron chi connectivity index (χ3n) is 3.60. The Morgan fingerprint density at radius 1 is 1.33 bits per heavy atom. The number of aromatic nitrogens is 3. The van der Waals surface area contributed by atoms with Crippen LogP contribution in [0.2, 0.25) is 0 Å². The van der Waals surface area contributed by atoms with Gasteiger partial charge in [-0.1, -0.05) is 0 Å². The lowest BCUT2D eigenvalue weighted by Gasteiger charge is -2.37. The minimum atomic E-state index is 0.141. The highest BCUT2D eigenvalue weighted by Gasteiger charge is 2.24. The third-order valence-corrected chi connectivity index (χ3v) is 3.60. The van der Waals surface area contributed by atoms with Crippen LogP contribution in [0.15, 0.2) is 24.7 Å². The Kier molecular flexibility index (Phi) is 3.70. The fraction of sp³-hybridized carbons (Fsp3) is 0.400. The molecule has 3 rings (SSSR count). The summed E-state index contributed by atoms with van der Waals surface area (Å²) < 4.78 is 5.73. The first-order valence-electron chi connectivity index (χ1n) is 7.02. The normalized spacial score (nSPS) is 22.3. The van der Waals surface area contributed by atoms with Gasteiger partial charge in [0.1, 0.15) is 0 Å². The van der Waals surface area contributed by atoms with Crippen molar-refractivity contribution >= 4 is 12.0 Å². The maximum Gasteiger partial charge on any atom is 0.152 e. The lowest BCUT2D eigenvalue weighted by atomic mass is 10.1. The Morgan fingerprint density at radius 3 is 2.71 bits per heavy atom. The van der Waals surface area contributed by atoms with E-state index in [0.717, 1.165) is 36.3 Å². The Hall–Kier alpha value is -2.21. The van der Waals surface area contributed by atoms with E-state index >= 15 is 0 Å². The van der Waals surface area contributed by atoms with Gasteiger partial charge in [0.25, 0.3) is 0 Å². The number of hydrogen-bond acceptors (Lipinski definition) is 5. The van der Waals surface area contributed by atoms with Gasteiger partial charge in [0.15, 0.2) is 6.29 Å². The molecule has 0 bridgehead atoms. The second-order valence-corrected chi connectivity index (χ2v) is 5.40. The highest BCUT2D eigenvalue weighted by atomic mass is 16.5. The van der Waals surface area contributed by atoms with Gasteiger partial charge in [0, 0.05) is 30.4 Å². The average Bonchev–Trinajstić information content (AvgIpc) is 2.99. The summed E-state index contributed by atoms with van der Waals surface area (Å²) in [5.74, 6) is 0. The number of aromatic amines is 1. The number of morpholine rings is 1. The third kappa shape index (κ3) is 2.80. The molecule has 0 radical (unpaired) electrons. The first kappa shape index (κ1) is 13.8. The Bertz CT molecular complexity index is 617. The molecule has 2 aromatic rings. The van der Waals surface area contributed by atoms with E-state index in [1.807, 2.05) is 13.8 Å². The number of nitrogens with zero attached hydrogens (tertiary/aromatic N) is 3. The molecule has 2 aromatic heterocycles. The van der Waals surface area contributed by atoms with Gasteiger partial charge in [-0.05, 0) is 19.9 Å². The molecule has 21 heavy (non-hydrogen) atoms. The first-order chi connectivity index (χ1) is 10.2. The van der Waals surface area contributed by atoms with Crippen LogP contribution in [-0.2, 0) is 4.74 Å². The van der Waals surface area contributed by atoms with E-state index in [0.29, 0.717) is 5.56 Å². The molecule has 1 aliphatic heterocycles. The van der Waals surface area contributed by atoms with Crippen LogP contribution in [-0.4, -0.2) is 46.8 Å². The fourth-order valence-corrected chi connectivity index (χ4v) is 2.75. The molecule has 1 fully saturated rings. The van der Waals surface area contributed by atoms with Crippen LogP contribution in [0.3, 0.4) is 0 Å². The van der Waals surface area contributed by atoms with Crippen molar-refractivity contribution < 1.29 is 9.53 Å². The summed E-state index contributed by atoms with van der Waals surface area (Å²) >= 11 is 0. The Labute approximate surface area is 123 Å². The average molecular weight is 286 g/mol. The second-order valence-electron chi connectivity index (χ2n) is 5.40. The summed E-state index contributed by atoms with van der Waals surface area (Å²) in [6.45, 7) is 5.60. The fourth-order valence-electron chi connectivity index (χ4n) is 2.75. The summed E-state index contributed by atoms with van der Waals surface area (Å²) in [5, 5.41) is 6.66. The molecule has 1 N–H and O–H groups in total. The van der Waals surface area contributed by atoms with E-state index in [4.69, 9.17) is 4.74 Å². The van der Waals surface area contributed by atoms with Crippen molar-refractivity contribution in [1.29, 1.82) is 0 Å². The summed E-state index contributed by atoms with van der Waals surface area (Å²) in [4.78, 5) is 18.1. The Balaban J connectivity index is 1.94. The van der Waals surface area contributed by atoms with Crippen molar-refractivity contribution in [2.24, 2.45) is 0 Å². The standard InChI is InChI=1S/C15H18N4O2/c1-10-7-19(8-11(2)21-10)15-6-16-14(3-12(15)9-20)13-4-17-18-5-13/h3-6,9-11H,7-8H2,1-2H3,(H,17,18). The molecule has 110 valence electrons. The predicted molar refractivity (Wildman–Crippen MR) is 79.4 cm³/mol. The number of ether oxygens (including phenoxy) is 1. The number of anilines is 1. The van der Waals surface area contributed by atoms with E-state index in [-0.39, 0.29) is 12.2 Å². The van der Waals surface area contributed by atoms with Crippen LogP contribution in [0, 0.1) is 0 Å². The summed E-state index contributed by atoms with van der Waals surface area (Å²) in [5.41, 5.74) is 3.11. The zero-order valence-electron chi connectivity index (χ0n) is 12.1. The molecule has 1 saturated heterocycles. The molecule has 2 atom stereocenters. The topological polar surface area (TPSA) is 71.1 Å². The van der Waals surface area contributed by atoms with Crippen LogP contribution in [0.1, 0.15) is 24.2 Å². The first-order valence-corrected chi connectivity index (χ1v) is 7.02. The predicted octanol–water partition coefficient (Wildman–Crippen LogP) is 1.90. The van der Waals surface area contributed by atoms with Crippen LogP contribution in [0.4, 0.5) is 5.69 Å². The molecule has 2 unspecified atom stereocenters. The van der Waals surface area contributed by atoms with Crippen LogP contribution in [0.5, 0.6) is 0 Å². The van der Waals surface area contributed by atoms with E-state index in [9.17, 15) is 4.79 Å². The summed E-state index contributed by atoms with van der Waals surface area (Å²) in [6, 6.07) is 1.80. The van der Waals surface area contributed by atoms with Crippen molar-refractivity contribution in [3.05, 3.63) is 30.2 Å². The maximum absolute atomic E-state index is 11.4. The summed E-state index contributed by atoms with van der Waals surface area (Å²) in [6.07, 6.45) is 6.37. The van der Waals surface area contributed by atoms with E-state index in [1.165, 1.54) is 0 Å². The molecule has 0 spiro atoms. The van der Waals surface area contributed by atoms with Gasteiger partial charge >= 0.3 is 0 Å². The van der Waals surface area contributed by atoms with Gasteiger partial charge in [-0.25, -0.2) is 0 Å². The largest absolute Gasteiger partial charge is 0.372 e. The second kappa shape index (κ2) is 5.65. The number of aldehydes is 1. The molecule has 3 heterocycles.